The van der Waals surface area contributed by atoms with Crippen molar-refractivity contribution in [3.8, 4) is 11.5 Å². The van der Waals surface area contributed by atoms with Gasteiger partial charge in [0.05, 0.1) is 29.6 Å². The molecule has 0 spiro atoms. The fraction of sp³-hybridized carbons (Fsp3) is 0.433. The van der Waals surface area contributed by atoms with E-state index in [1.807, 2.05) is 0 Å². The maximum Gasteiger partial charge on any atom is 0.343 e. The third-order valence-electron chi connectivity index (χ3n) is 8.17. The number of esters is 2. The number of aromatic hydroxyl groups is 1. The summed E-state index contributed by atoms with van der Waals surface area (Å²) in [7, 11) is 0. The van der Waals surface area contributed by atoms with Gasteiger partial charge in [-0.3, -0.25) is 0 Å². The van der Waals surface area contributed by atoms with Crippen LogP contribution in [0, 0.1) is 17.8 Å². The van der Waals surface area contributed by atoms with E-state index in [-0.39, 0.29) is 34.6 Å². The second-order valence-corrected chi connectivity index (χ2v) is 10.9. The summed E-state index contributed by atoms with van der Waals surface area (Å²) in [4.78, 5) is 37.7. The number of rotatable bonds is 8. The number of aliphatic carboxylic acids is 1. The summed E-state index contributed by atoms with van der Waals surface area (Å²) in [5.74, 6) is -4.75. The molecule has 1 saturated carbocycles. The lowest BCUT2D eigenvalue weighted by Gasteiger charge is -2.43. The fourth-order valence-corrected chi connectivity index (χ4v) is 5.82. The van der Waals surface area contributed by atoms with Crippen LogP contribution in [0.15, 0.2) is 60.4 Å². The predicted octanol–water partition coefficient (Wildman–Crippen LogP) is 0.550. The number of hydrogen-bond acceptors (Lipinski definition) is 13. The molecule has 1 saturated heterocycles. The number of benzene rings is 2. The summed E-state index contributed by atoms with van der Waals surface area (Å²) in [5.41, 5.74) is 0.0907. The molecule has 2 aliphatic heterocycles. The molecule has 6 N–H and O–H groups in total. The van der Waals surface area contributed by atoms with Crippen molar-refractivity contribution in [3.05, 3.63) is 71.5 Å². The number of aliphatic hydroxyl groups is 4. The van der Waals surface area contributed by atoms with E-state index in [4.69, 9.17) is 23.7 Å². The van der Waals surface area contributed by atoms with Gasteiger partial charge in [0.25, 0.3) is 0 Å². The van der Waals surface area contributed by atoms with Gasteiger partial charge in [-0.25, -0.2) is 14.4 Å². The quantitative estimate of drug-likeness (QED) is 0.176. The highest BCUT2D eigenvalue weighted by atomic mass is 16.8. The van der Waals surface area contributed by atoms with Gasteiger partial charge >= 0.3 is 17.9 Å². The average Bonchev–Trinajstić information content (AvgIpc) is 3.33. The second-order valence-electron chi connectivity index (χ2n) is 10.9. The van der Waals surface area contributed by atoms with E-state index in [9.17, 15) is 45.0 Å². The van der Waals surface area contributed by atoms with Gasteiger partial charge in [0.1, 0.15) is 42.0 Å². The number of carboxylic acids is 1. The van der Waals surface area contributed by atoms with Crippen LogP contribution in [0.2, 0.25) is 0 Å². The van der Waals surface area contributed by atoms with Crippen molar-refractivity contribution >= 4 is 17.9 Å². The largest absolute Gasteiger partial charge is 0.508 e. The summed E-state index contributed by atoms with van der Waals surface area (Å²) in [6.45, 7) is 1.05. The Balaban J connectivity index is 1.30. The molecule has 14 heteroatoms. The van der Waals surface area contributed by atoms with Crippen LogP contribution in [-0.2, 0) is 23.7 Å². The van der Waals surface area contributed by atoms with Gasteiger partial charge in [-0.1, -0.05) is 19.1 Å². The molecular weight excluding hydrogens is 584 g/mol. The Hall–Kier alpha value is -4.05. The minimum atomic E-state index is -1.71. The summed E-state index contributed by atoms with van der Waals surface area (Å²) >= 11 is 0. The number of carbonyl (C=O) groups is 3. The van der Waals surface area contributed by atoms with Crippen molar-refractivity contribution in [2.75, 3.05) is 6.61 Å². The van der Waals surface area contributed by atoms with E-state index in [0.717, 1.165) is 6.26 Å². The van der Waals surface area contributed by atoms with Crippen LogP contribution >= 0.6 is 0 Å². The van der Waals surface area contributed by atoms with Crippen molar-refractivity contribution in [1.82, 2.24) is 0 Å². The normalized spacial score (nSPS) is 33.0. The minimum absolute atomic E-state index is 0.0541. The van der Waals surface area contributed by atoms with E-state index in [1.165, 1.54) is 48.5 Å². The van der Waals surface area contributed by atoms with Crippen molar-refractivity contribution in [2.45, 2.75) is 56.4 Å². The lowest BCUT2D eigenvalue weighted by Crippen LogP contribution is -2.60. The summed E-state index contributed by atoms with van der Waals surface area (Å²) in [5, 5.41) is 59.5. The van der Waals surface area contributed by atoms with E-state index >= 15 is 0 Å². The second kappa shape index (κ2) is 12.9. The molecule has 2 fully saturated rings. The van der Waals surface area contributed by atoms with E-state index < -0.39 is 85.4 Å². The van der Waals surface area contributed by atoms with Gasteiger partial charge in [-0.05, 0) is 42.8 Å². The number of aliphatic hydroxyl groups excluding tert-OH is 4. The number of fused-ring (bicyclic) bond motifs is 1. The Kier molecular flexibility index (Phi) is 9.20. The topological polar surface area (TPSA) is 219 Å². The highest BCUT2D eigenvalue weighted by molar-refractivity contribution is 5.93. The van der Waals surface area contributed by atoms with Crippen LogP contribution in [0.1, 0.15) is 34.1 Å². The van der Waals surface area contributed by atoms with Crippen LogP contribution in [0.4, 0.5) is 0 Å². The van der Waals surface area contributed by atoms with Gasteiger partial charge in [-0.2, -0.15) is 0 Å². The number of carbonyl (C=O) groups excluding carboxylic acids is 2. The molecule has 236 valence electrons. The van der Waals surface area contributed by atoms with Crippen molar-refractivity contribution in [1.29, 1.82) is 0 Å². The van der Waals surface area contributed by atoms with Crippen LogP contribution in [0.3, 0.4) is 0 Å². The van der Waals surface area contributed by atoms with Gasteiger partial charge < -0.3 is 54.3 Å². The first-order chi connectivity index (χ1) is 21.0. The molecule has 3 aliphatic rings. The third kappa shape index (κ3) is 6.26. The van der Waals surface area contributed by atoms with Gasteiger partial charge in [0.15, 0.2) is 6.29 Å². The third-order valence-corrected chi connectivity index (χ3v) is 8.17. The molecule has 44 heavy (non-hydrogen) atoms. The summed E-state index contributed by atoms with van der Waals surface area (Å²) in [6.07, 6.45) is -8.67. The molecule has 1 aliphatic carbocycles. The first-order valence-corrected chi connectivity index (χ1v) is 13.9. The van der Waals surface area contributed by atoms with Crippen LogP contribution < -0.4 is 4.74 Å². The van der Waals surface area contributed by atoms with Gasteiger partial charge in [-0.15, -0.1) is 0 Å². The molecule has 2 aromatic carbocycles. The Morgan fingerprint density at radius 2 is 1.64 bits per heavy atom. The SMILES string of the molecule is CC1C(OC(=O)c2cccc(OC(=O)c3cccc(O)c3)c2)CC2C(C(=O)O)=COC(OC3OC(CO)C(O)C(O)C3O)C21. The minimum Gasteiger partial charge on any atom is -0.508 e. The Bertz CT molecular complexity index is 1420. The van der Waals surface area contributed by atoms with Crippen molar-refractivity contribution < 1.29 is 68.7 Å². The molecular formula is C30H32O14. The van der Waals surface area contributed by atoms with Gasteiger partial charge in [0, 0.05) is 17.8 Å². The molecule has 14 nitrogen and oxygen atoms in total. The Morgan fingerprint density at radius 1 is 0.932 bits per heavy atom. The highest BCUT2D eigenvalue weighted by Gasteiger charge is 2.54. The summed E-state index contributed by atoms with van der Waals surface area (Å²) in [6, 6.07) is 11.3. The average molecular weight is 617 g/mol. The molecule has 0 amide bonds. The lowest BCUT2D eigenvalue weighted by molar-refractivity contribution is -0.342. The van der Waals surface area contributed by atoms with Crippen LogP contribution in [0.5, 0.6) is 11.5 Å². The number of carboxylic acid groups (broad SMARTS) is 1. The van der Waals surface area contributed by atoms with Gasteiger partial charge in [0.2, 0.25) is 6.29 Å². The summed E-state index contributed by atoms with van der Waals surface area (Å²) < 4.78 is 28.0. The maximum atomic E-state index is 13.2. The van der Waals surface area contributed by atoms with E-state index in [0.29, 0.717) is 0 Å². The van der Waals surface area contributed by atoms with Crippen LogP contribution in [-0.4, -0.2) is 98.3 Å². The smallest absolute Gasteiger partial charge is 0.343 e. The first-order valence-electron chi connectivity index (χ1n) is 13.9. The zero-order valence-electron chi connectivity index (χ0n) is 23.3. The molecule has 2 heterocycles. The lowest BCUT2D eigenvalue weighted by atomic mass is 9.83. The molecule has 10 unspecified atom stereocenters. The number of phenolic OH excluding ortho intramolecular Hbond substituents is 1. The number of phenols is 1. The molecule has 5 rings (SSSR count). The first kappa shape index (κ1) is 31.4. The van der Waals surface area contributed by atoms with Crippen LogP contribution in [0.25, 0.3) is 0 Å². The van der Waals surface area contributed by atoms with E-state index in [1.54, 1.807) is 6.92 Å². The molecule has 2 aromatic rings. The standard InChI is InChI=1S/C30H32O14/c1-13-20(42-28(39)15-5-3-7-17(9-15)41-27(38)14-4-2-6-16(32)8-14)10-18-19(26(36)37)12-40-29(22(13)18)44-30-25(35)24(34)23(33)21(11-31)43-30/h2-9,12-13,18,20-25,29-35H,10-11H2,1H3,(H,36,37). The molecule has 0 aromatic heterocycles. The monoisotopic (exact) mass is 616 g/mol. The molecule has 10 atom stereocenters. The number of ether oxygens (including phenoxy) is 5. The maximum absolute atomic E-state index is 13.2. The zero-order chi connectivity index (χ0) is 31.7. The number of hydrogen-bond donors (Lipinski definition) is 6. The van der Waals surface area contributed by atoms with Crippen molar-refractivity contribution in [2.24, 2.45) is 17.8 Å². The molecule has 0 radical (unpaired) electrons. The Morgan fingerprint density at radius 3 is 2.32 bits per heavy atom. The Labute approximate surface area is 250 Å². The van der Waals surface area contributed by atoms with E-state index in [2.05, 4.69) is 0 Å². The van der Waals surface area contributed by atoms with Crippen molar-refractivity contribution in [3.63, 3.8) is 0 Å². The molecule has 0 bridgehead atoms. The highest BCUT2D eigenvalue weighted by Crippen LogP contribution is 2.48. The predicted molar refractivity (Wildman–Crippen MR) is 145 cm³/mol. The zero-order valence-corrected chi connectivity index (χ0v) is 23.3. The fourth-order valence-electron chi connectivity index (χ4n) is 5.82.